The fourth-order valence-corrected chi connectivity index (χ4v) is 2.96. The van der Waals surface area contributed by atoms with Crippen molar-refractivity contribution in [2.24, 2.45) is 0 Å². The minimum Gasteiger partial charge on any atom is -0.481 e. The lowest BCUT2D eigenvalue weighted by Gasteiger charge is -2.22. The molecule has 2 aromatic heterocycles. The molecule has 0 aliphatic rings. The van der Waals surface area contributed by atoms with Gasteiger partial charge in [-0.3, -0.25) is 19.6 Å². The zero-order valence-electron chi connectivity index (χ0n) is 17.2. The Balaban J connectivity index is 0. The van der Waals surface area contributed by atoms with Crippen molar-refractivity contribution in [1.82, 2.24) is 9.97 Å². The molecule has 2 rings (SSSR count). The molecule has 0 aromatic carbocycles. The van der Waals surface area contributed by atoms with Crippen molar-refractivity contribution in [2.75, 3.05) is 6.61 Å². The van der Waals surface area contributed by atoms with Crippen molar-refractivity contribution < 1.29 is 19.4 Å². The van der Waals surface area contributed by atoms with Gasteiger partial charge in [0.05, 0.1) is 18.7 Å². The molecule has 0 bridgehead atoms. The number of halogens is 2. The van der Waals surface area contributed by atoms with Gasteiger partial charge >= 0.3 is 11.9 Å². The highest BCUT2D eigenvalue weighted by molar-refractivity contribution is 9.10. The van der Waals surface area contributed by atoms with E-state index in [-0.39, 0.29) is 26.2 Å². The van der Waals surface area contributed by atoms with Crippen LogP contribution in [0.4, 0.5) is 0 Å². The Morgan fingerprint density at radius 3 is 1.84 bits per heavy atom. The first-order chi connectivity index (χ1) is 13.4. The second-order valence-electron chi connectivity index (χ2n) is 7.51. The molecule has 0 saturated carbocycles. The van der Waals surface area contributed by atoms with Crippen molar-refractivity contribution in [2.45, 2.75) is 66.7 Å². The van der Waals surface area contributed by atoms with E-state index < -0.39 is 11.4 Å². The van der Waals surface area contributed by atoms with Crippen LogP contribution in [0.3, 0.4) is 0 Å². The van der Waals surface area contributed by atoms with Crippen LogP contribution in [0.1, 0.15) is 67.3 Å². The quantitative estimate of drug-likeness (QED) is 0.402. The molecular weight excluding hydrogens is 528 g/mol. The molecule has 8 heteroatoms. The van der Waals surface area contributed by atoms with Crippen molar-refractivity contribution in [3.05, 3.63) is 57.0 Å². The Morgan fingerprint density at radius 2 is 1.42 bits per heavy atom. The van der Waals surface area contributed by atoms with Gasteiger partial charge in [0.1, 0.15) is 5.41 Å². The average Bonchev–Trinajstić information content (AvgIpc) is 2.62. The fraction of sp³-hybridized carbons (Fsp3) is 0.478. The second kappa shape index (κ2) is 13.6. The standard InChI is InChI=1S/C12H16BrNO2.C9H10BrNO2.2CH4/c1-4-16-11(15)8-12(2,3)10-7-9(13)5-6-14-10;1-9(2,8(12)13)7-5-6(10)3-4-11-7;;/h5-7H,4,8H2,1-3H3;3-5H,1-2H3,(H,12,13);2*1H4. The van der Waals surface area contributed by atoms with Crippen LogP contribution in [0.2, 0.25) is 0 Å². The third-order valence-corrected chi connectivity index (χ3v) is 5.19. The van der Waals surface area contributed by atoms with Gasteiger partial charge in [-0.2, -0.15) is 0 Å². The number of carboxylic acids is 1. The van der Waals surface area contributed by atoms with E-state index in [0.717, 1.165) is 14.6 Å². The second-order valence-corrected chi connectivity index (χ2v) is 9.35. The zero-order chi connectivity index (χ0) is 22.2. The highest BCUT2D eigenvalue weighted by Gasteiger charge is 2.31. The summed E-state index contributed by atoms with van der Waals surface area (Å²) < 4.78 is 6.76. The maximum absolute atomic E-state index is 11.5. The van der Waals surface area contributed by atoms with Gasteiger partial charge in [-0.15, -0.1) is 0 Å². The molecule has 174 valence electrons. The minimum absolute atomic E-state index is 0. The predicted molar refractivity (Wildman–Crippen MR) is 132 cm³/mol. The molecular formula is C23H34Br2N2O4. The summed E-state index contributed by atoms with van der Waals surface area (Å²) in [6.45, 7) is 9.45. The van der Waals surface area contributed by atoms with Crippen LogP contribution >= 0.6 is 31.9 Å². The number of hydrogen-bond acceptors (Lipinski definition) is 5. The van der Waals surface area contributed by atoms with Gasteiger partial charge in [0.15, 0.2) is 0 Å². The first-order valence-electron chi connectivity index (χ1n) is 9.03. The molecule has 31 heavy (non-hydrogen) atoms. The van der Waals surface area contributed by atoms with Gasteiger partial charge in [0, 0.05) is 32.4 Å². The Hall–Kier alpha value is -1.80. The summed E-state index contributed by atoms with van der Waals surface area (Å²) in [6, 6.07) is 7.28. The first-order valence-corrected chi connectivity index (χ1v) is 10.6. The van der Waals surface area contributed by atoms with E-state index in [9.17, 15) is 9.59 Å². The number of carbonyl (C=O) groups is 2. The summed E-state index contributed by atoms with van der Waals surface area (Å²) in [5.74, 6) is -1.06. The van der Waals surface area contributed by atoms with E-state index in [2.05, 4.69) is 41.8 Å². The minimum atomic E-state index is -0.941. The topological polar surface area (TPSA) is 89.4 Å². The Bertz CT molecular complexity index is 855. The molecule has 0 saturated heterocycles. The van der Waals surface area contributed by atoms with Gasteiger partial charge in [-0.1, -0.05) is 60.6 Å². The van der Waals surface area contributed by atoms with E-state index >= 15 is 0 Å². The summed E-state index contributed by atoms with van der Waals surface area (Å²) in [5.41, 5.74) is 0.184. The molecule has 1 N–H and O–H groups in total. The van der Waals surface area contributed by atoms with Crippen LogP contribution in [0, 0.1) is 0 Å². The number of aromatic nitrogens is 2. The summed E-state index contributed by atoms with van der Waals surface area (Å²) in [6.07, 6.45) is 3.65. The molecule has 0 spiro atoms. The lowest BCUT2D eigenvalue weighted by molar-refractivity contribution is -0.144. The van der Waals surface area contributed by atoms with Gasteiger partial charge in [-0.05, 0) is 45.0 Å². The molecule has 0 atom stereocenters. The molecule has 2 aromatic rings. The predicted octanol–water partition coefficient (Wildman–Crippen LogP) is 6.55. The van der Waals surface area contributed by atoms with Crippen LogP contribution in [0.25, 0.3) is 0 Å². The number of aliphatic carboxylic acids is 1. The molecule has 0 radical (unpaired) electrons. The highest BCUT2D eigenvalue weighted by atomic mass is 79.9. The monoisotopic (exact) mass is 560 g/mol. The van der Waals surface area contributed by atoms with Crippen LogP contribution in [-0.4, -0.2) is 33.6 Å². The molecule has 6 nitrogen and oxygen atoms in total. The molecule has 0 unspecified atom stereocenters. The number of carboxylic acid groups (broad SMARTS) is 1. The van der Waals surface area contributed by atoms with E-state index in [1.54, 1.807) is 38.4 Å². The van der Waals surface area contributed by atoms with Crippen LogP contribution < -0.4 is 0 Å². The Labute approximate surface area is 203 Å². The van der Waals surface area contributed by atoms with Crippen LogP contribution in [0.5, 0.6) is 0 Å². The van der Waals surface area contributed by atoms with E-state index in [1.165, 1.54) is 0 Å². The zero-order valence-corrected chi connectivity index (χ0v) is 20.4. The van der Waals surface area contributed by atoms with Crippen molar-refractivity contribution in [3.8, 4) is 0 Å². The van der Waals surface area contributed by atoms with Gasteiger partial charge in [-0.25, -0.2) is 0 Å². The number of pyridine rings is 2. The Kier molecular flexibility index (Phi) is 13.7. The molecule has 0 aliphatic carbocycles. The number of esters is 1. The van der Waals surface area contributed by atoms with E-state index in [0.29, 0.717) is 18.7 Å². The number of hydrogen-bond donors (Lipinski definition) is 1. The van der Waals surface area contributed by atoms with Gasteiger partial charge in [0.25, 0.3) is 0 Å². The first kappa shape index (κ1) is 31.4. The highest BCUT2D eigenvalue weighted by Crippen LogP contribution is 2.27. The number of ether oxygens (including phenoxy) is 1. The maximum atomic E-state index is 11.5. The lowest BCUT2D eigenvalue weighted by Crippen LogP contribution is -2.29. The lowest BCUT2D eigenvalue weighted by atomic mass is 9.85. The van der Waals surface area contributed by atoms with Gasteiger partial charge < -0.3 is 9.84 Å². The molecule has 0 amide bonds. The molecule has 2 heterocycles. The van der Waals surface area contributed by atoms with E-state index in [4.69, 9.17) is 9.84 Å². The number of rotatable bonds is 6. The van der Waals surface area contributed by atoms with E-state index in [1.807, 2.05) is 32.9 Å². The van der Waals surface area contributed by atoms with Crippen molar-refractivity contribution >= 4 is 43.8 Å². The molecule has 0 aliphatic heterocycles. The molecule has 0 fully saturated rings. The maximum Gasteiger partial charge on any atom is 0.315 e. The average molecular weight is 562 g/mol. The third kappa shape index (κ3) is 9.91. The summed E-state index contributed by atoms with van der Waals surface area (Å²) in [4.78, 5) is 30.6. The third-order valence-electron chi connectivity index (χ3n) is 4.20. The Morgan fingerprint density at radius 1 is 0.968 bits per heavy atom. The largest absolute Gasteiger partial charge is 0.481 e. The summed E-state index contributed by atoms with van der Waals surface area (Å²) >= 11 is 6.67. The normalized spacial score (nSPS) is 10.5. The van der Waals surface area contributed by atoms with Crippen molar-refractivity contribution in [3.63, 3.8) is 0 Å². The number of carbonyl (C=O) groups excluding carboxylic acids is 1. The summed E-state index contributed by atoms with van der Waals surface area (Å²) in [7, 11) is 0. The van der Waals surface area contributed by atoms with Crippen LogP contribution in [0.15, 0.2) is 45.6 Å². The number of nitrogens with zero attached hydrogens (tertiary/aromatic N) is 2. The smallest absolute Gasteiger partial charge is 0.315 e. The summed E-state index contributed by atoms with van der Waals surface area (Å²) in [5, 5.41) is 8.93. The van der Waals surface area contributed by atoms with Crippen LogP contribution in [-0.2, 0) is 25.2 Å². The SMILES string of the molecule is C.C.CC(C)(C(=O)O)c1cc(Br)ccn1.CCOC(=O)CC(C)(C)c1cc(Br)ccn1. The van der Waals surface area contributed by atoms with Crippen molar-refractivity contribution in [1.29, 1.82) is 0 Å². The fourth-order valence-electron chi connectivity index (χ4n) is 2.29. The van der Waals surface area contributed by atoms with Gasteiger partial charge in [0.2, 0.25) is 0 Å².